The van der Waals surface area contributed by atoms with Crippen LogP contribution >= 0.6 is 0 Å². The summed E-state index contributed by atoms with van der Waals surface area (Å²) in [5.74, 6) is 43.4. The standard InChI is InChI=1S/C88H38/c1-5-13-21-22-14-6-2-10-19-27-31-34-32-28-20-12-4-8-16-24-23-15-7-3-11-18-26-30-33-29-25-17-9(1)35(5)39(13)47(21)48(22)40(14)36(6,10)44(19)53(27)57(31)60(34)58(32)54(28)46(20)38(8,12)42(16)50(24)49(23)41(15)37(7,11)45(18)52(26)56(30)59(33)55(29)51(25)43(17,35)61(39)65(47)66(48)62(40,44)70(53)75(57)78(60)76(58)72(54)64(42,46)68(50)67(49)63(41,45)71(52)74(56)77(59)73(55)69(51,61)79(65)80(66,70)84(75)83(73,79)87(77)85(74)81(67,71)82(68,72)86(76,85)88(78,84)87/h5-34H,1-4H2/t5?,6?,7?,8?,9?,10?,11?,12?,13?,14?,15?,16?,17?,18?,19?,20?,21?,22?,23?,24?,25?,26?,27?,28?,29-,30?,31?,32?,33?,34?,35?,36?,37?,38?,39?,40?,41?,42?,43?,44?,45?,46?,47?,48?,49?,50?,51?,52?,53?,54?,55-,56?,57+,58?,59?,60?,61?,62?,63?,64?,65?,66?,67?,68?,69?,70?,71?,72?,73?,74?,75?,76?,77?,78?,79?,80?,81?,82?,83?,84-,85?,86?,87?,88?/m0/s1. The van der Waals surface area contributed by atoms with E-state index in [1.54, 1.807) is 0 Å². The van der Waals surface area contributed by atoms with Crippen LogP contribution in [0.5, 0.6) is 0 Å². The Balaban J connectivity index is 0.657. The monoisotopic (exact) mass is 1090 g/mol. The second kappa shape index (κ2) is 3.68. The lowest BCUT2D eigenvalue weighted by atomic mass is 8.20. The molecule has 0 aromatic carbocycles. The van der Waals surface area contributed by atoms with Crippen molar-refractivity contribution in [3.63, 3.8) is 0 Å². The predicted molar refractivity (Wildman–Crippen MR) is 264 cm³/mol. The molecule has 54 spiro atoms. The highest BCUT2D eigenvalue weighted by molar-refractivity contribution is 6.72. The Hall–Kier alpha value is 0. The third kappa shape index (κ3) is 0.481. The maximum Gasteiger partial charge on any atom is -0.0000127 e. The normalized spacial score (nSPS) is 156. The van der Waals surface area contributed by atoms with Crippen LogP contribution in [0.15, 0.2) is 0 Å². The molecule has 80 unspecified atom stereocenters. The third-order valence-corrected chi connectivity index (χ3v) is 82.9. The lowest BCUT2D eigenvalue weighted by Gasteiger charge is -3.81. The zero-order chi connectivity index (χ0) is 47.1. The number of rotatable bonds is 0. The van der Waals surface area contributed by atoms with Crippen molar-refractivity contribution in [3.8, 4) is 0 Å². The maximum atomic E-state index is 1.93. The summed E-state index contributed by atoms with van der Waals surface area (Å²) >= 11 is 0. The molecule has 70 fully saturated rings. The van der Waals surface area contributed by atoms with E-state index >= 15 is 0 Å². The van der Waals surface area contributed by atoms with Gasteiger partial charge in [-0.15, -0.1) is 0 Å². The minimum Gasteiger partial charge on any atom is -0.0458 e. The van der Waals surface area contributed by atoms with Gasteiger partial charge in [0.1, 0.15) is 0 Å². The molecule has 70 rings (SSSR count). The fourth-order valence-corrected chi connectivity index (χ4v) is 110. The quantitative estimate of drug-likeness (QED) is 0.271. The molecule has 0 aliphatic heterocycles. The highest BCUT2D eigenvalue weighted by atomic mass is 15.9. The molecule has 70 aliphatic carbocycles. The average molecular weight is 1100 g/mol. The van der Waals surface area contributed by atoms with Crippen LogP contribution in [0.4, 0.5) is 0 Å². The molecule has 0 N–H and O–H groups in total. The summed E-state index contributed by atoms with van der Waals surface area (Å²) in [5.41, 5.74) is 62.4. The summed E-state index contributed by atoms with van der Waals surface area (Å²) in [5, 5.41) is 0. The van der Waals surface area contributed by atoms with Crippen molar-refractivity contribution >= 4 is 0 Å². The second-order valence-corrected chi connectivity index (χ2v) is 59.6. The largest absolute Gasteiger partial charge is 0.0458 e. The van der Waals surface area contributed by atoms with Crippen LogP contribution < -0.4 is 0 Å². The minimum atomic E-state index is 1.12. The van der Waals surface area contributed by atoms with Gasteiger partial charge in [-0.05, 0) is 496 Å². The molecule has 0 bridgehead atoms. The first kappa shape index (κ1) is 27.0. The second-order valence-electron chi connectivity index (χ2n) is 59.6. The van der Waals surface area contributed by atoms with Crippen LogP contribution in [0.25, 0.3) is 0 Å². The predicted octanol–water partition coefficient (Wildman–Crippen LogP) is 6.23. The summed E-state index contributed by atoms with van der Waals surface area (Å²) in [6.45, 7) is 0. The smallest absolute Gasteiger partial charge is 0.0000127 e. The number of fused-ring (bicyclic) bond motifs is 26. The van der Waals surface area contributed by atoms with Gasteiger partial charge in [0.2, 0.25) is 0 Å². The van der Waals surface area contributed by atoms with Gasteiger partial charge in [0, 0.05) is 0 Å². The van der Waals surface area contributed by atoms with Gasteiger partial charge in [0.15, 0.2) is 0 Å². The first-order valence-electron chi connectivity index (χ1n) is 43.8. The molecule has 0 aromatic heterocycles. The molecule has 0 heterocycles. The summed E-state index contributed by atoms with van der Waals surface area (Å²) in [6, 6.07) is 0. The van der Waals surface area contributed by atoms with Crippen LogP contribution in [0, 0.1) is 470 Å². The molecule has 0 saturated heterocycles. The van der Waals surface area contributed by atoms with E-state index in [1.807, 2.05) is 25.7 Å². The van der Waals surface area contributed by atoms with Crippen molar-refractivity contribution in [2.75, 3.05) is 0 Å². The zero-order valence-corrected chi connectivity index (χ0v) is 47.1. The van der Waals surface area contributed by atoms with E-state index in [2.05, 4.69) is 0 Å². The molecule has 390 valence electrons. The molecule has 0 heteroatoms. The maximum absolute atomic E-state index is 1.93. The first-order chi connectivity index (χ1) is 43.8. The third-order valence-electron chi connectivity index (χ3n) is 82.9. The molecular formula is C88H38. The molecule has 70 saturated carbocycles. The number of hydrogen-bond acceptors (Lipinski definition) is 0. The lowest BCUT2D eigenvalue weighted by molar-refractivity contribution is -1.27. The fourth-order valence-electron chi connectivity index (χ4n) is 110. The first-order valence-corrected chi connectivity index (χ1v) is 43.8. The Kier molecular flexibility index (Phi) is 1.13. The summed E-state index contributed by atoms with van der Waals surface area (Å²) < 4.78 is 0. The van der Waals surface area contributed by atoms with Gasteiger partial charge in [0.05, 0.1) is 0 Å². The van der Waals surface area contributed by atoms with Crippen molar-refractivity contribution in [1.82, 2.24) is 0 Å². The molecule has 70 aliphatic rings. The highest BCUT2D eigenvalue weighted by Gasteiger charge is 3.87. The Morgan fingerprint density at radius 1 is 0.102 bits per heavy atom. The molecule has 0 nitrogen and oxygen atoms in total. The Labute approximate surface area is 492 Å². The highest BCUT2D eigenvalue weighted by Crippen LogP contribution is 3.90. The van der Waals surface area contributed by atoms with Crippen LogP contribution in [-0.2, 0) is 0 Å². The van der Waals surface area contributed by atoms with Crippen molar-refractivity contribution in [1.29, 1.82) is 0 Å². The van der Waals surface area contributed by atoms with Crippen molar-refractivity contribution in [2.24, 2.45) is 405 Å². The van der Waals surface area contributed by atoms with Crippen LogP contribution in [0.3, 0.4) is 0 Å². The van der Waals surface area contributed by atoms with E-state index in [9.17, 15) is 0 Å². The minimum absolute atomic E-state index is 1.12. The van der Waals surface area contributed by atoms with Crippen LogP contribution in [-0.4, -0.2) is 0 Å². The molecular weight excluding hydrogens is 1060 g/mol. The van der Waals surface area contributed by atoms with Crippen LogP contribution in [0.2, 0.25) is 0 Å². The SMILES string of the molecule is C1C2C3C4C5C6C7CC8C9C%10C%11C%12C%13C%14C%15C%16CC%17C%18C%19C%20C%21C%22CC%23C%24C%25[C@H]%26C%27C%28C%29C%30C1C21C32C43C54C65C78C96C%107C%118C9%10C7%11C56C45C34C23C%301C%291C%282C67C13C41C5%11C93C61C14C75C%272[C@@]%262C%256C%247C%22%23C%219C%20%11C%19%20C%18%19C%17%16C%15%16C%19%15C%20%17C%11%18C97C67C%186C%179C%15%11C%14%16[C@@]%13%14C%128C%108C31[C@@]9(C64C752)C%118%14. The lowest BCUT2D eigenvalue weighted by Crippen LogP contribution is -3.79. The van der Waals surface area contributed by atoms with E-state index < -0.39 is 0 Å². The van der Waals surface area contributed by atoms with Crippen molar-refractivity contribution in [3.05, 3.63) is 65.0 Å². The van der Waals surface area contributed by atoms with E-state index in [0.717, 1.165) is 162 Å². The van der Waals surface area contributed by atoms with Gasteiger partial charge >= 0.3 is 0 Å². The van der Waals surface area contributed by atoms with Gasteiger partial charge in [-0.25, -0.2) is 0 Å². The Morgan fingerprint density at radius 2 is 0.216 bits per heavy atom. The van der Waals surface area contributed by atoms with Gasteiger partial charge in [0.25, 0.3) is 0 Å². The molecule has 0 aromatic rings. The molecule has 0 radical (unpaired) electrons. The van der Waals surface area contributed by atoms with Gasteiger partial charge in [-0.3, -0.25) is 0 Å². The topological polar surface area (TPSA) is 0 Å². The van der Waals surface area contributed by atoms with Gasteiger partial charge in [-0.1, -0.05) is 0 Å². The summed E-state index contributed by atoms with van der Waals surface area (Å²) in [6.07, 6.45) is 7.70. The van der Waals surface area contributed by atoms with E-state index in [4.69, 9.17) is 0 Å². The van der Waals surface area contributed by atoms with E-state index in [-0.39, 0.29) is 0 Å². The zero-order valence-electron chi connectivity index (χ0n) is 47.1. The van der Waals surface area contributed by atoms with Gasteiger partial charge < -0.3 is 0 Å². The van der Waals surface area contributed by atoms with Gasteiger partial charge in [-0.2, -0.15) is 0 Å². The molecule has 88 heavy (non-hydrogen) atoms. The van der Waals surface area contributed by atoms with E-state index in [1.165, 1.54) is 307 Å². The molecule has 84 atom stereocenters. The summed E-state index contributed by atoms with van der Waals surface area (Å²) in [7, 11) is 0. The Morgan fingerprint density at radius 3 is 0.375 bits per heavy atom. The van der Waals surface area contributed by atoms with E-state index in [0.29, 0.717) is 0 Å². The summed E-state index contributed by atoms with van der Waals surface area (Å²) in [4.78, 5) is 0. The average Bonchev–Trinajstić information content (AvgIpc) is 0.397. The molecule has 0 amide bonds. The van der Waals surface area contributed by atoms with Crippen LogP contribution in [0.1, 0.15) is 25.7 Å². The fraction of sp³-hybridized carbons (Fsp3) is 1.00. The number of hydrogen-bond donors (Lipinski definition) is 0. The van der Waals surface area contributed by atoms with Crippen molar-refractivity contribution < 1.29 is 0 Å². The Bertz CT molecular complexity index is 6460. The van der Waals surface area contributed by atoms with Crippen molar-refractivity contribution in [2.45, 2.75) is 25.7 Å².